The lowest BCUT2D eigenvalue weighted by Gasteiger charge is -2.07. The highest BCUT2D eigenvalue weighted by Crippen LogP contribution is 2.34. The Labute approximate surface area is 114 Å². The first-order valence-corrected chi connectivity index (χ1v) is 6.58. The maximum atomic E-state index is 5.31. The third-order valence-electron chi connectivity index (χ3n) is 2.89. The number of fused-ring (bicyclic) bond motifs is 1. The van der Waals surface area contributed by atoms with Gasteiger partial charge in [-0.25, -0.2) is 9.50 Å². The number of rotatable bonds is 3. The summed E-state index contributed by atoms with van der Waals surface area (Å²) in [6, 6.07) is 5.77. The van der Waals surface area contributed by atoms with Crippen LogP contribution in [0.2, 0.25) is 0 Å². The van der Waals surface area contributed by atoms with Crippen molar-refractivity contribution in [1.82, 2.24) is 14.6 Å². The first kappa shape index (κ1) is 12.0. The number of nitrogens with zero attached hydrogens (tertiary/aromatic N) is 3. The molecule has 5 nitrogen and oxygen atoms in total. The van der Waals surface area contributed by atoms with Crippen molar-refractivity contribution >= 4 is 16.3 Å². The fraction of sp³-hybridized carbons (Fsp3) is 0.231. The molecule has 0 saturated carbocycles. The summed E-state index contributed by atoms with van der Waals surface area (Å²) in [5.41, 5.74) is 2.02. The van der Waals surface area contributed by atoms with Crippen molar-refractivity contribution in [3.05, 3.63) is 30.1 Å². The second-order valence-corrected chi connectivity index (χ2v) is 5.03. The Morgan fingerprint density at radius 1 is 1.16 bits per heavy atom. The van der Waals surface area contributed by atoms with Gasteiger partial charge in [0.05, 0.1) is 26.1 Å². The first-order valence-electron chi connectivity index (χ1n) is 5.76. The van der Waals surface area contributed by atoms with Gasteiger partial charge in [-0.05, 0) is 25.1 Å². The van der Waals surface area contributed by atoms with Gasteiger partial charge in [0.1, 0.15) is 5.01 Å². The van der Waals surface area contributed by atoms with Crippen molar-refractivity contribution in [2.24, 2.45) is 0 Å². The smallest absolute Gasteiger partial charge is 0.212 e. The summed E-state index contributed by atoms with van der Waals surface area (Å²) in [4.78, 5) is 5.19. The summed E-state index contributed by atoms with van der Waals surface area (Å²) >= 11 is 1.55. The fourth-order valence-corrected chi connectivity index (χ4v) is 2.80. The third-order valence-corrected chi connectivity index (χ3v) is 3.86. The SMILES string of the molecule is COc1ccc(-c2nn3c(C)cnc3s2)cc1OC. The van der Waals surface area contributed by atoms with Gasteiger partial charge in [-0.3, -0.25) is 0 Å². The number of imidazole rings is 1. The fourth-order valence-electron chi connectivity index (χ4n) is 1.88. The molecule has 0 spiro atoms. The van der Waals surface area contributed by atoms with E-state index < -0.39 is 0 Å². The Hall–Kier alpha value is -2.08. The van der Waals surface area contributed by atoms with Crippen molar-refractivity contribution in [2.75, 3.05) is 14.2 Å². The molecule has 0 aliphatic carbocycles. The molecule has 0 saturated heterocycles. The molecule has 19 heavy (non-hydrogen) atoms. The summed E-state index contributed by atoms with van der Waals surface area (Å²) in [5, 5.41) is 5.46. The van der Waals surface area contributed by atoms with E-state index in [0.29, 0.717) is 11.5 Å². The monoisotopic (exact) mass is 275 g/mol. The van der Waals surface area contributed by atoms with Crippen LogP contribution >= 0.6 is 11.3 Å². The molecule has 2 heterocycles. The molecule has 3 rings (SSSR count). The summed E-state index contributed by atoms with van der Waals surface area (Å²) in [6.07, 6.45) is 1.82. The van der Waals surface area contributed by atoms with E-state index in [2.05, 4.69) is 10.1 Å². The van der Waals surface area contributed by atoms with E-state index in [4.69, 9.17) is 9.47 Å². The molecule has 98 valence electrons. The predicted octanol–water partition coefficient (Wildman–Crippen LogP) is 2.78. The van der Waals surface area contributed by atoms with Crippen LogP contribution in [0.1, 0.15) is 5.69 Å². The van der Waals surface area contributed by atoms with E-state index in [-0.39, 0.29) is 0 Å². The molecule has 6 heteroatoms. The molecule has 2 aromatic heterocycles. The quantitative estimate of drug-likeness (QED) is 0.737. The van der Waals surface area contributed by atoms with E-state index in [1.54, 1.807) is 25.6 Å². The van der Waals surface area contributed by atoms with Crippen molar-refractivity contribution in [3.8, 4) is 22.1 Å². The first-order chi connectivity index (χ1) is 9.22. The van der Waals surface area contributed by atoms with E-state index >= 15 is 0 Å². The molecule has 0 aliphatic heterocycles. The molecule has 1 aromatic carbocycles. The van der Waals surface area contributed by atoms with Crippen LogP contribution in [0.3, 0.4) is 0 Å². The summed E-state index contributed by atoms with van der Waals surface area (Å²) in [7, 11) is 3.25. The molecule has 0 atom stereocenters. The maximum absolute atomic E-state index is 5.31. The topological polar surface area (TPSA) is 48.7 Å². The molecule has 0 radical (unpaired) electrons. The van der Waals surface area contributed by atoms with Crippen LogP contribution in [0.5, 0.6) is 11.5 Å². The Kier molecular flexibility index (Phi) is 2.87. The van der Waals surface area contributed by atoms with Gasteiger partial charge in [-0.1, -0.05) is 11.3 Å². The van der Waals surface area contributed by atoms with E-state index in [0.717, 1.165) is 21.2 Å². The van der Waals surface area contributed by atoms with Gasteiger partial charge in [0, 0.05) is 5.56 Å². The second kappa shape index (κ2) is 4.55. The summed E-state index contributed by atoms with van der Waals surface area (Å²) in [6.45, 7) is 1.98. The van der Waals surface area contributed by atoms with Crippen LogP contribution in [0.25, 0.3) is 15.5 Å². The lowest BCUT2D eigenvalue weighted by atomic mass is 10.2. The standard InChI is InChI=1S/C13H13N3O2S/c1-8-7-14-13-16(8)15-12(19-13)9-4-5-10(17-2)11(6-9)18-3/h4-7H,1-3H3. The molecule has 0 bridgehead atoms. The van der Waals surface area contributed by atoms with E-state index in [9.17, 15) is 0 Å². The molecular formula is C13H13N3O2S. The largest absolute Gasteiger partial charge is 0.493 e. The Balaban J connectivity index is 2.10. The van der Waals surface area contributed by atoms with Gasteiger partial charge in [-0.15, -0.1) is 0 Å². The van der Waals surface area contributed by atoms with Crippen molar-refractivity contribution in [1.29, 1.82) is 0 Å². The second-order valence-electron chi connectivity index (χ2n) is 4.07. The minimum atomic E-state index is 0.699. The third kappa shape index (κ3) is 1.94. The van der Waals surface area contributed by atoms with Gasteiger partial charge in [-0.2, -0.15) is 5.10 Å². The summed E-state index contributed by atoms with van der Waals surface area (Å²) < 4.78 is 12.4. The Morgan fingerprint density at radius 2 is 1.95 bits per heavy atom. The van der Waals surface area contributed by atoms with E-state index in [1.807, 2.05) is 35.8 Å². The molecule has 0 fully saturated rings. The van der Waals surface area contributed by atoms with Crippen LogP contribution < -0.4 is 9.47 Å². The zero-order chi connectivity index (χ0) is 13.4. The highest BCUT2D eigenvalue weighted by molar-refractivity contribution is 7.19. The van der Waals surface area contributed by atoms with Crippen molar-refractivity contribution in [3.63, 3.8) is 0 Å². The number of aromatic nitrogens is 3. The van der Waals surface area contributed by atoms with Gasteiger partial charge in [0.15, 0.2) is 11.5 Å². The van der Waals surface area contributed by atoms with Crippen LogP contribution in [0.15, 0.2) is 24.4 Å². The number of methoxy groups -OCH3 is 2. The normalized spacial score (nSPS) is 10.9. The number of hydrogen-bond donors (Lipinski definition) is 0. The van der Waals surface area contributed by atoms with E-state index in [1.165, 1.54) is 0 Å². The molecule has 0 N–H and O–H groups in total. The van der Waals surface area contributed by atoms with Crippen LogP contribution in [-0.2, 0) is 0 Å². The molecule has 0 amide bonds. The summed E-state index contributed by atoms with van der Waals surface area (Å²) in [5.74, 6) is 1.41. The minimum Gasteiger partial charge on any atom is -0.493 e. The molecular weight excluding hydrogens is 262 g/mol. The molecule has 0 unspecified atom stereocenters. The van der Waals surface area contributed by atoms with Crippen molar-refractivity contribution < 1.29 is 9.47 Å². The van der Waals surface area contributed by atoms with Gasteiger partial charge in [0.25, 0.3) is 0 Å². The highest BCUT2D eigenvalue weighted by Gasteiger charge is 2.12. The lowest BCUT2D eigenvalue weighted by molar-refractivity contribution is 0.355. The Bertz CT molecular complexity index is 733. The zero-order valence-corrected chi connectivity index (χ0v) is 11.7. The Morgan fingerprint density at radius 3 is 2.63 bits per heavy atom. The number of benzene rings is 1. The molecule has 3 aromatic rings. The average Bonchev–Trinajstić information content (AvgIpc) is 3.00. The number of hydrogen-bond acceptors (Lipinski definition) is 5. The predicted molar refractivity (Wildman–Crippen MR) is 74.1 cm³/mol. The lowest BCUT2D eigenvalue weighted by Crippen LogP contribution is -1.91. The highest BCUT2D eigenvalue weighted by atomic mass is 32.1. The average molecular weight is 275 g/mol. The van der Waals surface area contributed by atoms with Crippen LogP contribution in [0, 0.1) is 6.92 Å². The van der Waals surface area contributed by atoms with Crippen LogP contribution in [0.4, 0.5) is 0 Å². The van der Waals surface area contributed by atoms with Gasteiger partial charge < -0.3 is 9.47 Å². The molecule has 0 aliphatic rings. The van der Waals surface area contributed by atoms with Gasteiger partial charge in [0.2, 0.25) is 4.96 Å². The van der Waals surface area contributed by atoms with Crippen LogP contribution in [-0.4, -0.2) is 28.8 Å². The zero-order valence-electron chi connectivity index (χ0n) is 10.9. The van der Waals surface area contributed by atoms with Gasteiger partial charge >= 0.3 is 0 Å². The minimum absolute atomic E-state index is 0.699. The number of ether oxygens (including phenoxy) is 2. The maximum Gasteiger partial charge on any atom is 0.212 e. The number of aryl methyl sites for hydroxylation is 1. The van der Waals surface area contributed by atoms with Crippen molar-refractivity contribution in [2.45, 2.75) is 6.92 Å².